The molecule has 0 aliphatic heterocycles. The molecule has 0 aliphatic rings. The molecule has 0 fully saturated rings. The molecule has 2 heterocycles. The van der Waals surface area contributed by atoms with Crippen LogP contribution in [0.2, 0.25) is 0 Å². The van der Waals surface area contributed by atoms with E-state index >= 15 is 0 Å². The summed E-state index contributed by atoms with van der Waals surface area (Å²) in [4.78, 5) is 8.47. The second kappa shape index (κ2) is 5.63. The number of aryl methyl sites for hydroxylation is 1. The molecule has 2 aromatic heterocycles. The van der Waals surface area contributed by atoms with Crippen LogP contribution in [0.15, 0.2) is 18.6 Å². The lowest BCUT2D eigenvalue weighted by molar-refractivity contribution is 0.352. The smallest absolute Gasteiger partial charge is 0.240 e. The van der Waals surface area contributed by atoms with Gasteiger partial charge in [0.1, 0.15) is 5.69 Å². The molecular formula is C11H16N6O2. The summed E-state index contributed by atoms with van der Waals surface area (Å²) in [6, 6.07) is -0.359. The fourth-order valence-corrected chi connectivity index (χ4v) is 1.74. The summed E-state index contributed by atoms with van der Waals surface area (Å²) in [6.07, 6.45) is 5.06. The zero-order chi connectivity index (χ0) is 13.8. The highest BCUT2D eigenvalue weighted by Crippen LogP contribution is 2.27. The van der Waals surface area contributed by atoms with Gasteiger partial charge in [-0.3, -0.25) is 10.5 Å². The van der Waals surface area contributed by atoms with E-state index in [-0.39, 0.29) is 6.04 Å². The van der Waals surface area contributed by atoms with Crippen LogP contribution in [-0.4, -0.2) is 34.0 Å². The number of aromatic nitrogens is 4. The number of hydrazine groups is 1. The summed E-state index contributed by atoms with van der Waals surface area (Å²) in [5.41, 5.74) is 4.12. The summed E-state index contributed by atoms with van der Waals surface area (Å²) in [6.45, 7) is 0. The summed E-state index contributed by atoms with van der Waals surface area (Å²) in [5, 5.41) is 4.11. The number of nitrogens with two attached hydrogens (primary N) is 1. The van der Waals surface area contributed by atoms with E-state index in [1.165, 1.54) is 20.4 Å². The maximum Gasteiger partial charge on any atom is 0.240 e. The molecule has 0 saturated heterocycles. The van der Waals surface area contributed by atoms with Gasteiger partial charge in [0.25, 0.3) is 0 Å². The molecule has 0 radical (unpaired) electrons. The molecule has 0 aromatic carbocycles. The van der Waals surface area contributed by atoms with Crippen molar-refractivity contribution in [1.82, 2.24) is 25.2 Å². The van der Waals surface area contributed by atoms with Gasteiger partial charge in [-0.25, -0.2) is 10.4 Å². The maximum absolute atomic E-state index is 5.60. The first kappa shape index (κ1) is 13.2. The molecule has 2 aromatic rings. The molecule has 0 bridgehead atoms. The number of methoxy groups -OCH3 is 2. The molecule has 2 rings (SSSR count). The lowest BCUT2D eigenvalue weighted by atomic mass is 10.1. The van der Waals surface area contributed by atoms with Gasteiger partial charge in [-0.1, -0.05) is 0 Å². The van der Waals surface area contributed by atoms with Crippen LogP contribution in [-0.2, 0) is 7.05 Å². The standard InChI is InChI=1S/C11H16N6O2/c1-17-6-7(4-14-17)9(16-12)10-11(19-3)15-8(18-2)5-13-10/h4-6,9,16H,12H2,1-3H3. The Morgan fingerprint density at radius 3 is 2.63 bits per heavy atom. The lowest BCUT2D eigenvalue weighted by Crippen LogP contribution is -2.30. The zero-order valence-electron chi connectivity index (χ0n) is 11.0. The molecular weight excluding hydrogens is 248 g/mol. The monoisotopic (exact) mass is 264 g/mol. The van der Waals surface area contributed by atoms with E-state index in [4.69, 9.17) is 15.3 Å². The third-order valence-electron chi connectivity index (χ3n) is 2.65. The quantitative estimate of drug-likeness (QED) is 0.568. The molecule has 8 heteroatoms. The predicted molar refractivity (Wildman–Crippen MR) is 67.5 cm³/mol. The van der Waals surface area contributed by atoms with Crippen molar-refractivity contribution in [2.45, 2.75) is 6.04 Å². The predicted octanol–water partition coefficient (Wildman–Crippen LogP) is -0.220. The van der Waals surface area contributed by atoms with Gasteiger partial charge in [-0.2, -0.15) is 10.1 Å². The minimum absolute atomic E-state index is 0.353. The normalized spacial score (nSPS) is 12.2. The van der Waals surface area contributed by atoms with Crippen LogP contribution in [0.3, 0.4) is 0 Å². The van der Waals surface area contributed by atoms with Crippen molar-refractivity contribution >= 4 is 0 Å². The summed E-state index contributed by atoms with van der Waals surface area (Å²) in [5.74, 6) is 6.33. The number of hydrogen-bond donors (Lipinski definition) is 2. The lowest BCUT2D eigenvalue weighted by Gasteiger charge is -2.16. The Morgan fingerprint density at radius 2 is 2.11 bits per heavy atom. The number of hydrogen-bond acceptors (Lipinski definition) is 7. The van der Waals surface area contributed by atoms with Gasteiger partial charge in [0.15, 0.2) is 0 Å². The molecule has 3 N–H and O–H groups in total. The largest absolute Gasteiger partial charge is 0.480 e. The van der Waals surface area contributed by atoms with E-state index in [0.29, 0.717) is 17.5 Å². The number of nitrogens with one attached hydrogen (secondary N) is 1. The molecule has 1 atom stereocenters. The average Bonchev–Trinajstić information content (AvgIpc) is 2.86. The van der Waals surface area contributed by atoms with Crippen LogP contribution in [0.25, 0.3) is 0 Å². The average molecular weight is 264 g/mol. The summed E-state index contributed by atoms with van der Waals surface area (Å²) >= 11 is 0. The zero-order valence-corrected chi connectivity index (χ0v) is 11.0. The van der Waals surface area contributed by atoms with Gasteiger partial charge in [-0.05, 0) is 0 Å². The van der Waals surface area contributed by atoms with Crippen molar-refractivity contribution in [1.29, 1.82) is 0 Å². The SMILES string of the molecule is COc1cnc(C(NN)c2cnn(C)c2)c(OC)n1. The van der Waals surface area contributed by atoms with E-state index in [1.54, 1.807) is 10.9 Å². The van der Waals surface area contributed by atoms with E-state index in [2.05, 4.69) is 20.5 Å². The minimum Gasteiger partial charge on any atom is -0.480 e. The molecule has 102 valence electrons. The molecule has 0 spiro atoms. The van der Waals surface area contributed by atoms with Crippen LogP contribution in [0.5, 0.6) is 11.8 Å². The topological polar surface area (TPSA) is 100 Å². The third-order valence-corrected chi connectivity index (χ3v) is 2.65. The number of ether oxygens (including phenoxy) is 2. The molecule has 8 nitrogen and oxygen atoms in total. The van der Waals surface area contributed by atoms with Gasteiger partial charge in [0.05, 0.1) is 32.7 Å². The fourth-order valence-electron chi connectivity index (χ4n) is 1.74. The maximum atomic E-state index is 5.60. The molecule has 1 unspecified atom stereocenters. The molecule has 0 aliphatic carbocycles. The number of nitrogens with zero attached hydrogens (tertiary/aromatic N) is 4. The number of rotatable bonds is 5. The highest BCUT2D eigenvalue weighted by molar-refractivity contribution is 5.32. The first-order valence-electron chi connectivity index (χ1n) is 5.59. The van der Waals surface area contributed by atoms with Crippen LogP contribution in [0, 0.1) is 0 Å². The van der Waals surface area contributed by atoms with Crippen LogP contribution in [0.4, 0.5) is 0 Å². The van der Waals surface area contributed by atoms with Crippen molar-refractivity contribution in [3.63, 3.8) is 0 Å². The fraction of sp³-hybridized carbons (Fsp3) is 0.364. The van der Waals surface area contributed by atoms with Crippen LogP contribution < -0.4 is 20.7 Å². The molecule has 0 saturated carbocycles. The van der Waals surface area contributed by atoms with Gasteiger partial charge >= 0.3 is 0 Å². The van der Waals surface area contributed by atoms with E-state index in [0.717, 1.165) is 5.56 Å². The highest BCUT2D eigenvalue weighted by atomic mass is 16.5. The minimum atomic E-state index is -0.359. The van der Waals surface area contributed by atoms with Crippen molar-refractivity contribution in [3.8, 4) is 11.8 Å². The second-order valence-corrected chi connectivity index (χ2v) is 3.85. The summed E-state index contributed by atoms with van der Waals surface area (Å²) in [7, 11) is 4.86. The van der Waals surface area contributed by atoms with Gasteiger partial charge in [0.2, 0.25) is 11.8 Å². The molecule has 0 amide bonds. The Hall–Kier alpha value is -2.19. The van der Waals surface area contributed by atoms with Crippen LogP contribution in [0.1, 0.15) is 17.3 Å². The Morgan fingerprint density at radius 1 is 1.32 bits per heavy atom. The van der Waals surface area contributed by atoms with E-state index in [1.807, 2.05) is 13.2 Å². The van der Waals surface area contributed by atoms with Gasteiger partial charge in [0, 0.05) is 18.8 Å². The first-order valence-corrected chi connectivity index (χ1v) is 5.59. The Bertz CT molecular complexity index is 556. The van der Waals surface area contributed by atoms with Crippen molar-refractivity contribution in [3.05, 3.63) is 29.8 Å². The van der Waals surface area contributed by atoms with Crippen LogP contribution >= 0.6 is 0 Å². The first-order chi connectivity index (χ1) is 9.19. The third kappa shape index (κ3) is 2.64. The molecule has 19 heavy (non-hydrogen) atoms. The summed E-state index contributed by atoms with van der Waals surface area (Å²) < 4.78 is 11.9. The Labute approximate surface area is 110 Å². The Kier molecular flexibility index (Phi) is 3.93. The van der Waals surface area contributed by atoms with Crippen molar-refractivity contribution in [2.75, 3.05) is 14.2 Å². The van der Waals surface area contributed by atoms with Crippen molar-refractivity contribution < 1.29 is 9.47 Å². The van der Waals surface area contributed by atoms with E-state index in [9.17, 15) is 0 Å². The van der Waals surface area contributed by atoms with Gasteiger partial charge < -0.3 is 9.47 Å². The van der Waals surface area contributed by atoms with Crippen molar-refractivity contribution in [2.24, 2.45) is 12.9 Å². The van der Waals surface area contributed by atoms with Gasteiger partial charge in [-0.15, -0.1) is 0 Å². The second-order valence-electron chi connectivity index (χ2n) is 3.85. The Balaban J connectivity index is 2.43. The highest BCUT2D eigenvalue weighted by Gasteiger charge is 2.21. The van der Waals surface area contributed by atoms with E-state index < -0.39 is 0 Å².